The maximum atomic E-state index is 12.8. The van der Waals surface area contributed by atoms with Gasteiger partial charge in [0.15, 0.2) is 9.84 Å². The standard InChI is InChI=1S/C30H31N5O4S/c1-20-6-7-21(16-27(20)40(2,37)38)29(36)32-19-23-17-26-22(18-31-23)8-9-25(33-26)24-4-3-5-28(34-24)35-13-10-30(11-14-35)12-15-39-30/h3-9,16-18H,10-15,19H2,1-2H3,(H,32,36). The molecule has 5 heterocycles. The number of carbonyl (C=O) groups excluding carboxylic acids is 1. The molecule has 1 N–H and O–H groups in total. The number of rotatable bonds is 6. The van der Waals surface area contributed by atoms with Crippen molar-refractivity contribution in [3.05, 3.63) is 77.6 Å². The fourth-order valence-electron chi connectivity index (χ4n) is 5.38. The van der Waals surface area contributed by atoms with Crippen molar-refractivity contribution in [1.82, 2.24) is 20.3 Å². The number of amides is 1. The first-order chi connectivity index (χ1) is 19.2. The summed E-state index contributed by atoms with van der Waals surface area (Å²) in [5.74, 6) is 0.573. The van der Waals surface area contributed by atoms with E-state index in [1.54, 1.807) is 25.3 Å². The number of nitrogens with one attached hydrogen (secondary N) is 1. The number of hydrogen-bond donors (Lipinski definition) is 1. The normalized spacial score (nSPS) is 16.6. The zero-order valence-corrected chi connectivity index (χ0v) is 23.4. The quantitative estimate of drug-likeness (QED) is 0.377. The van der Waals surface area contributed by atoms with Gasteiger partial charge in [0.1, 0.15) is 5.82 Å². The minimum atomic E-state index is -3.43. The van der Waals surface area contributed by atoms with Gasteiger partial charge in [0, 0.05) is 36.5 Å². The summed E-state index contributed by atoms with van der Waals surface area (Å²) in [7, 11) is -3.43. The van der Waals surface area contributed by atoms with Crippen molar-refractivity contribution >= 4 is 32.5 Å². The Bertz CT molecular complexity index is 1710. The maximum Gasteiger partial charge on any atom is 0.251 e. The van der Waals surface area contributed by atoms with E-state index in [2.05, 4.69) is 15.2 Å². The van der Waals surface area contributed by atoms with E-state index in [0.29, 0.717) is 11.3 Å². The zero-order valence-electron chi connectivity index (χ0n) is 22.6. The average Bonchev–Trinajstić information content (AvgIpc) is 2.94. The van der Waals surface area contributed by atoms with Gasteiger partial charge in [-0.2, -0.15) is 0 Å². The van der Waals surface area contributed by atoms with Crippen molar-refractivity contribution in [3.8, 4) is 11.4 Å². The van der Waals surface area contributed by atoms with Crippen molar-refractivity contribution in [2.24, 2.45) is 0 Å². The van der Waals surface area contributed by atoms with Crippen LogP contribution in [0.5, 0.6) is 0 Å². The summed E-state index contributed by atoms with van der Waals surface area (Å²) in [5.41, 5.74) is 3.93. The average molecular weight is 558 g/mol. The minimum Gasteiger partial charge on any atom is -0.375 e. The molecule has 1 amide bonds. The molecule has 10 heteroatoms. The Balaban J connectivity index is 1.17. The van der Waals surface area contributed by atoms with Crippen molar-refractivity contribution in [1.29, 1.82) is 0 Å². The second-order valence-corrected chi connectivity index (χ2v) is 12.6. The minimum absolute atomic E-state index is 0.0957. The van der Waals surface area contributed by atoms with Gasteiger partial charge in [0.05, 0.1) is 46.2 Å². The number of carbonyl (C=O) groups is 1. The lowest BCUT2D eigenvalue weighted by Crippen LogP contribution is -2.52. The Hall–Kier alpha value is -3.89. The van der Waals surface area contributed by atoms with E-state index in [1.165, 1.54) is 6.07 Å². The summed E-state index contributed by atoms with van der Waals surface area (Å²) in [5, 5.41) is 3.71. The molecular formula is C30H31N5O4S. The number of fused-ring (bicyclic) bond motifs is 1. The molecule has 0 radical (unpaired) electrons. The van der Waals surface area contributed by atoms with Crippen LogP contribution in [0.25, 0.3) is 22.3 Å². The number of aromatic nitrogens is 3. The highest BCUT2D eigenvalue weighted by Gasteiger charge is 2.41. The highest BCUT2D eigenvalue weighted by Crippen LogP contribution is 2.37. The van der Waals surface area contributed by atoms with Crippen LogP contribution in [0.4, 0.5) is 5.82 Å². The topological polar surface area (TPSA) is 114 Å². The van der Waals surface area contributed by atoms with Gasteiger partial charge in [-0.15, -0.1) is 0 Å². The van der Waals surface area contributed by atoms with Gasteiger partial charge in [0.25, 0.3) is 5.91 Å². The number of benzene rings is 1. The number of ether oxygens (including phenoxy) is 1. The molecule has 0 unspecified atom stereocenters. The summed E-state index contributed by atoms with van der Waals surface area (Å²) in [6, 6.07) is 16.5. The zero-order chi connectivity index (χ0) is 27.9. The molecule has 0 atom stereocenters. The summed E-state index contributed by atoms with van der Waals surface area (Å²) < 4.78 is 29.9. The Morgan fingerprint density at radius 3 is 2.52 bits per heavy atom. The highest BCUT2D eigenvalue weighted by atomic mass is 32.2. The molecule has 1 spiro atoms. The van der Waals surface area contributed by atoms with E-state index < -0.39 is 9.84 Å². The van der Waals surface area contributed by atoms with Crippen LogP contribution >= 0.6 is 0 Å². The largest absolute Gasteiger partial charge is 0.375 e. The van der Waals surface area contributed by atoms with Crippen molar-refractivity contribution in [2.45, 2.75) is 43.2 Å². The van der Waals surface area contributed by atoms with Crippen LogP contribution in [0.2, 0.25) is 0 Å². The van der Waals surface area contributed by atoms with Crippen molar-refractivity contribution in [3.63, 3.8) is 0 Å². The summed E-state index contributed by atoms with van der Waals surface area (Å²) in [6.45, 7) is 4.62. The molecule has 2 aliphatic rings. The summed E-state index contributed by atoms with van der Waals surface area (Å²) >= 11 is 0. The third kappa shape index (κ3) is 5.29. The molecule has 4 aromatic rings. The third-order valence-corrected chi connectivity index (χ3v) is 9.11. The number of nitrogens with zero attached hydrogens (tertiary/aromatic N) is 4. The SMILES string of the molecule is Cc1ccc(C(=O)NCc2cc3nc(-c4cccc(N5CCC6(CCO6)CC5)n4)ccc3cn2)cc1S(C)(=O)=O. The summed E-state index contributed by atoms with van der Waals surface area (Å²) in [4.78, 5) is 29.5. The van der Waals surface area contributed by atoms with Crippen LogP contribution in [0.15, 0.2) is 65.7 Å². The maximum absolute atomic E-state index is 12.8. The van der Waals surface area contributed by atoms with Gasteiger partial charge in [-0.3, -0.25) is 9.78 Å². The van der Waals surface area contributed by atoms with Crippen LogP contribution in [0.1, 0.15) is 40.9 Å². The Kier molecular flexibility index (Phi) is 6.75. The first-order valence-electron chi connectivity index (χ1n) is 13.4. The van der Waals surface area contributed by atoms with Gasteiger partial charge >= 0.3 is 0 Å². The first kappa shape index (κ1) is 26.3. The number of pyridine rings is 3. The van der Waals surface area contributed by atoms with E-state index in [0.717, 1.165) is 73.3 Å². The molecule has 6 rings (SSSR count). The number of piperidine rings is 1. The van der Waals surface area contributed by atoms with Crippen LogP contribution in [0.3, 0.4) is 0 Å². The lowest BCUT2D eigenvalue weighted by molar-refractivity contribution is -0.158. The number of aryl methyl sites for hydroxylation is 1. The fraction of sp³-hybridized carbons (Fsp3) is 0.333. The highest BCUT2D eigenvalue weighted by molar-refractivity contribution is 7.90. The molecule has 40 heavy (non-hydrogen) atoms. The number of hydrogen-bond acceptors (Lipinski definition) is 8. The van der Waals surface area contributed by atoms with E-state index >= 15 is 0 Å². The molecule has 2 saturated heterocycles. The molecule has 206 valence electrons. The molecule has 1 aromatic carbocycles. The van der Waals surface area contributed by atoms with Crippen molar-refractivity contribution < 1.29 is 17.9 Å². The van der Waals surface area contributed by atoms with Crippen LogP contribution in [-0.2, 0) is 21.1 Å². The molecule has 0 saturated carbocycles. The van der Waals surface area contributed by atoms with Gasteiger partial charge in [-0.1, -0.05) is 12.1 Å². The van der Waals surface area contributed by atoms with Crippen LogP contribution in [0, 0.1) is 6.92 Å². The van der Waals surface area contributed by atoms with Gasteiger partial charge in [-0.25, -0.2) is 18.4 Å². The van der Waals surface area contributed by atoms with Crippen molar-refractivity contribution in [2.75, 3.05) is 30.9 Å². The molecule has 2 aliphatic heterocycles. The fourth-order valence-corrected chi connectivity index (χ4v) is 6.38. The van der Waals surface area contributed by atoms with E-state index in [-0.39, 0.29) is 28.5 Å². The number of sulfone groups is 1. The molecular weight excluding hydrogens is 526 g/mol. The second kappa shape index (κ2) is 10.3. The predicted molar refractivity (Wildman–Crippen MR) is 153 cm³/mol. The van der Waals surface area contributed by atoms with Crippen LogP contribution < -0.4 is 10.2 Å². The third-order valence-electron chi connectivity index (χ3n) is 7.87. The molecule has 0 aliphatic carbocycles. The lowest BCUT2D eigenvalue weighted by Gasteiger charge is -2.47. The van der Waals surface area contributed by atoms with E-state index in [1.807, 2.05) is 36.4 Å². The lowest BCUT2D eigenvalue weighted by atomic mass is 9.84. The Morgan fingerprint density at radius 2 is 1.80 bits per heavy atom. The van der Waals surface area contributed by atoms with E-state index in [9.17, 15) is 13.2 Å². The molecule has 3 aromatic heterocycles. The predicted octanol–water partition coefficient (Wildman–Crippen LogP) is 4.09. The van der Waals surface area contributed by atoms with Crippen LogP contribution in [-0.4, -0.2) is 60.8 Å². The van der Waals surface area contributed by atoms with Gasteiger partial charge in [-0.05, 0) is 74.2 Å². The Morgan fingerprint density at radius 1 is 1.02 bits per heavy atom. The molecule has 9 nitrogen and oxygen atoms in total. The number of anilines is 1. The first-order valence-corrected chi connectivity index (χ1v) is 15.3. The molecule has 2 fully saturated rings. The smallest absolute Gasteiger partial charge is 0.251 e. The van der Waals surface area contributed by atoms with E-state index in [4.69, 9.17) is 14.7 Å². The van der Waals surface area contributed by atoms with Gasteiger partial charge in [0.2, 0.25) is 0 Å². The molecule has 0 bridgehead atoms. The Labute approximate surface area is 233 Å². The van der Waals surface area contributed by atoms with Gasteiger partial charge < -0.3 is 15.0 Å². The second-order valence-electron chi connectivity index (χ2n) is 10.6. The monoisotopic (exact) mass is 557 g/mol. The summed E-state index contributed by atoms with van der Waals surface area (Å²) in [6.07, 6.45) is 6.09.